The van der Waals surface area contributed by atoms with Crippen LogP contribution >= 0.6 is 0 Å². The van der Waals surface area contributed by atoms with Crippen molar-refractivity contribution in [3.8, 4) is 11.5 Å². The molecule has 0 saturated heterocycles. The average molecular weight is 284 g/mol. The Kier molecular flexibility index (Phi) is 8.27. The molecular weight excluding hydrogens is 256 g/mol. The molecule has 1 aliphatic rings. The Morgan fingerprint density at radius 2 is 1.38 bits per heavy atom. The van der Waals surface area contributed by atoms with Gasteiger partial charge in [0, 0.05) is 0 Å². The molecule has 0 spiro atoms. The van der Waals surface area contributed by atoms with Crippen molar-refractivity contribution < 1.29 is 4.74 Å². The van der Waals surface area contributed by atoms with E-state index in [4.69, 9.17) is 4.74 Å². The number of para-hydroxylation sites is 1. The summed E-state index contributed by atoms with van der Waals surface area (Å²) >= 11 is 0. The van der Waals surface area contributed by atoms with E-state index >= 15 is 0 Å². The van der Waals surface area contributed by atoms with Gasteiger partial charge in [0.25, 0.3) is 0 Å². The number of hydrogen-bond donors (Lipinski definition) is 0. The fourth-order valence-electron chi connectivity index (χ4n) is 1.86. The summed E-state index contributed by atoms with van der Waals surface area (Å²) in [5.74, 6) is 1.84. The molecule has 0 unspecified atom stereocenters. The molecule has 1 heteroatoms. The van der Waals surface area contributed by atoms with Crippen LogP contribution in [0, 0.1) is 0 Å². The normalized spacial score (nSPS) is 10.9. The molecule has 0 aliphatic heterocycles. The number of ether oxygens (including phenoxy) is 1. The van der Waals surface area contributed by atoms with E-state index in [1.807, 2.05) is 50.2 Å². The Hall–Kier alpha value is -1.76. The first-order chi connectivity index (χ1) is 10.3. The van der Waals surface area contributed by atoms with E-state index in [9.17, 15) is 0 Å². The predicted molar refractivity (Wildman–Crippen MR) is 92.3 cm³/mol. The smallest absolute Gasteiger partial charge is 0.127 e. The number of aryl methyl sites for hydroxylation is 2. The molecule has 0 aromatic heterocycles. The number of benzene rings is 2. The lowest BCUT2D eigenvalue weighted by molar-refractivity contribution is 0.480. The zero-order valence-corrected chi connectivity index (χ0v) is 13.9. The molecule has 0 bridgehead atoms. The molecule has 0 heterocycles. The fraction of sp³-hybridized carbons (Fsp3) is 0.400. The highest BCUT2D eigenvalue weighted by atomic mass is 16.5. The minimum atomic E-state index is 0.900. The molecule has 2 aromatic carbocycles. The van der Waals surface area contributed by atoms with Gasteiger partial charge in [0.2, 0.25) is 0 Å². The van der Waals surface area contributed by atoms with E-state index in [-0.39, 0.29) is 0 Å². The first-order valence-corrected chi connectivity index (χ1v) is 8.18. The van der Waals surface area contributed by atoms with Gasteiger partial charge in [-0.1, -0.05) is 64.8 Å². The summed E-state index contributed by atoms with van der Waals surface area (Å²) in [6.45, 7) is 8.36. The molecule has 21 heavy (non-hydrogen) atoms. The second-order valence-corrected chi connectivity index (χ2v) is 4.85. The molecule has 3 rings (SSSR count). The second-order valence-electron chi connectivity index (χ2n) is 4.85. The van der Waals surface area contributed by atoms with E-state index in [1.165, 1.54) is 36.8 Å². The van der Waals surface area contributed by atoms with Gasteiger partial charge < -0.3 is 4.74 Å². The Morgan fingerprint density at radius 3 is 1.86 bits per heavy atom. The third-order valence-corrected chi connectivity index (χ3v) is 3.32. The van der Waals surface area contributed by atoms with Crippen molar-refractivity contribution in [2.24, 2.45) is 0 Å². The molecule has 0 saturated carbocycles. The van der Waals surface area contributed by atoms with Gasteiger partial charge in [0.15, 0.2) is 0 Å². The molecule has 0 fully saturated rings. The van der Waals surface area contributed by atoms with Crippen LogP contribution in [0.15, 0.2) is 48.5 Å². The summed E-state index contributed by atoms with van der Waals surface area (Å²) in [6, 6.07) is 16.3. The maximum atomic E-state index is 5.75. The van der Waals surface area contributed by atoms with Crippen LogP contribution in [0.5, 0.6) is 11.5 Å². The number of fused-ring (bicyclic) bond motifs is 1. The first kappa shape index (κ1) is 17.3. The lowest BCUT2D eigenvalue weighted by Gasteiger charge is -2.19. The van der Waals surface area contributed by atoms with Crippen molar-refractivity contribution in [3.63, 3.8) is 0 Å². The van der Waals surface area contributed by atoms with Crippen LogP contribution in [0.4, 0.5) is 0 Å². The SMILES string of the molecule is CC.CCCC.c1ccc(Oc2ccc3c(c2)CC3)cc1. The van der Waals surface area contributed by atoms with Crippen LogP contribution in [0.1, 0.15) is 51.7 Å². The molecule has 1 aliphatic carbocycles. The second kappa shape index (κ2) is 10.0. The highest BCUT2D eigenvalue weighted by molar-refractivity contribution is 5.42. The van der Waals surface area contributed by atoms with Crippen molar-refractivity contribution in [3.05, 3.63) is 59.7 Å². The average Bonchev–Trinajstić information content (AvgIpc) is 2.53. The molecule has 1 nitrogen and oxygen atoms in total. The van der Waals surface area contributed by atoms with E-state index in [0.717, 1.165) is 11.5 Å². The first-order valence-electron chi connectivity index (χ1n) is 8.18. The van der Waals surface area contributed by atoms with Gasteiger partial charge >= 0.3 is 0 Å². The van der Waals surface area contributed by atoms with Crippen LogP contribution in [-0.4, -0.2) is 0 Å². The third kappa shape index (κ3) is 5.63. The van der Waals surface area contributed by atoms with Crippen LogP contribution in [-0.2, 0) is 12.8 Å². The maximum absolute atomic E-state index is 5.75. The van der Waals surface area contributed by atoms with Crippen LogP contribution in [0.3, 0.4) is 0 Å². The van der Waals surface area contributed by atoms with Gasteiger partial charge in [-0.15, -0.1) is 0 Å². The van der Waals surface area contributed by atoms with Crippen LogP contribution in [0.25, 0.3) is 0 Å². The standard InChI is InChI=1S/C14H12O.C4H10.C2H6/c1-2-4-13(5-3-1)15-14-9-8-11-6-7-12(11)10-14;1-3-4-2;1-2/h1-5,8-10H,6-7H2;3-4H2,1-2H3;1-2H3. The van der Waals surface area contributed by atoms with Crippen molar-refractivity contribution in [1.82, 2.24) is 0 Å². The number of hydrogen-bond acceptors (Lipinski definition) is 1. The summed E-state index contributed by atoms with van der Waals surface area (Å²) in [5, 5.41) is 0. The van der Waals surface area contributed by atoms with E-state index in [1.54, 1.807) is 0 Å². The molecular formula is C20H28O. The highest BCUT2D eigenvalue weighted by Crippen LogP contribution is 2.29. The molecule has 0 radical (unpaired) electrons. The van der Waals surface area contributed by atoms with Crippen molar-refractivity contribution >= 4 is 0 Å². The summed E-state index contributed by atoms with van der Waals surface area (Å²) < 4.78 is 5.75. The maximum Gasteiger partial charge on any atom is 0.127 e. The van der Waals surface area contributed by atoms with Crippen LogP contribution in [0.2, 0.25) is 0 Å². The minimum absolute atomic E-state index is 0.900. The lowest BCUT2D eigenvalue weighted by Crippen LogP contribution is -2.07. The van der Waals surface area contributed by atoms with Crippen LogP contribution < -0.4 is 4.74 Å². The molecule has 0 amide bonds. The van der Waals surface area contributed by atoms with Crippen molar-refractivity contribution in [2.45, 2.75) is 53.4 Å². The zero-order valence-electron chi connectivity index (χ0n) is 13.9. The Balaban J connectivity index is 0.000000322. The monoisotopic (exact) mass is 284 g/mol. The summed E-state index contributed by atoms with van der Waals surface area (Å²) in [5.41, 5.74) is 2.90. The van der Waals surface area contributed by atoms with Gasteiger partial charge in [-0.2, -0.15) is 0 Å². The van der Waals surface area contributed by atoms with E-state index in [0.29, 0.717) is 0 Å². The lowest BCUT2D eigenvalue weighted by atomic mass is 9.89. The van der Waals surface area contributed by atoms with Crippen molar-refractivity contribution in [1.29, 1.82) is 0 Å². The summed E-state index contributed by atoms with van der Waals surface area (Å²) in [4.78, 5) is 0. The van der Waals surface area contributed by atoms with Gasteiger partial charge in [-0.3, -0.25) is 0 Å². The fourth-order valence-corrected chi connectivity index (χ4v) is 1.86. The number of rotatable bonds is 3. The molecule has 0 atom stereocenters. The largest absolute Gasteiger partial charge is 0.457 e. The summed E-state index contributed by atoms with van der Waals surface area (Å²) in [7, 11) is 0. The Labute approximate surface area is 130 Å². The van der Waals surface area contributed by atoms with E-state index in [2.05, 4.69) is 26.0 Å². The predicted octanol–water partition coefficient (Wildman–Crippen LogP) is 6.41. The van der Waals surface area contributed by atoms with Gasteiger partial charge in [0.05, 0.1) is 0 Å². The third-order valence-electron chi connectivity index (χ3n) is 3.32. The van der Waals surface area contributed by atoms with Gasteiger partial charge in [-0.05, 0) is 48.2 Å². The topological polar surface area (TPSA) is 9.23 Å². The molecule has 114 valence electrons. The van der Waals surface area contributed by atoms with Gasteiger partial charge in [0.1, 0.15) is 11.5 Å². The summed E-state index contributed by atoms with van der Waals surface area (Å²) in [6.07, 6.45) is 5.06. The number of unbranched alkanes of at least 4 members (excludes halogenated alkanes) is 1. The Morgan fingerprint density at radius 1 is 0.762 bits per heavy atom. The molecule has 0 N–H and O–H groups in total. The van der Waals surface area contributed by atoms with E-state index < -0.39 is 0 Å². The minimum Gasteiger partial charge on any atom is -0.457 e. The zero-order chi connectivity index (χ0) is 15.5. The Bertz CT molecular complexity index is 501. The van der Waals surface area contributed by atoms with Gasteiger partial charge in [-0.25, -0.2) is 0 Å². The molecule has 2 aromatic rings. The van der Waals surface area contributed by atoms with Crippen molar-refractivity contribution in [2.75, 3.05) is 0 Å². The quantitative estimate of drug-likeness (QED) is 0.632. The highest BCUT2D eigenvalue weighted by Gasteiger charge is 2.13.